The number of rotatable bonds is 2. The first-order chi connectivity index (χ1) is 6.06. The van der Waals surface area contributed by atoms with Crippen molar-refractivity contribution in [1.82, 2.24) is 0 Å². The predicted molar refractivity (Wildman–Crippen MR) is 49.6 cm³/mol. The van der Waals surface area contributed by atoms with Gasteiger partial charge in [-0.05, 0) is 18.6 Å². The van der Waals surface area contributed by atoms with E-state index in [1.54, 1.807) is 13.0 Å². The monoisotopic (exact) mass is 179 g/mol. The first-order valence-corrected chi connectivity index (χ1v) is 3.66. The molecule has 4 heteroatoms. The van der Waals surface area contributed by atoms with Gasteiger partial charge in [-0.15, -0.1) is 0 Å². The minimum atomic E-state index is -0.616. The molecule has 0 aromatic heterocycles. The normalized spacial score (nSPS) is 9.62. The predicted octanol–water partition coefficient (Wildman–Crippen LogP) is 2.25. The van der Waals surface area contributed by atoms with Crippen molar-refractivity contribution in [3.63, 3.8) is 0 Å². The van der Waals surface area contributed by atoms with Gasteiger partial charge >= 0.3 is 5.69 Å². The Morgan fingerprint density at radius 2 is 2.23 bits per heavy atom. The van der Waals surface area contributed by atoms with Crippen molar-refractivity contribution in [3.05, 3.63) is 40.0 Å². The molecule has 0 aliphatic carbocycles. The van der Waals surface area contributed by atoms with Crippen LogP contribution < -0.4 is 0 Å². The number of phenolic OH excluding ortho intramolecular Hbond substituents is 1. The van der Waals surface area contributed by atoms with Gasteiger partial charge in [0, 0.05) is 11.6 Å². The topological polar surface area (TPSA) is 63.4 Å². The van der Waals surface area contributed by atoms with Gasteiger partial charge in [0.1, 0.15) is 0 Å². The highest BCUT2D eigenvalue weighted by Crippen LogP contribution is 2.31. The third-order valence-corrected chi connectivity index (χ3v) is 1.68. The molecule has 1 rings (SSSR count). The van der Waals surface area contributed by atoms with Gasteiger partial charge in [-0.1, -0.05) is 12.7 Å². The summed E-state index contributed by atoms with van der Waals surface area (Å²) in [5.41, 5.74) is 0.820. The molecule has 0 aliphatic heterocycles. The Bertz CT molecular complexity index is 371. The van der Waals surface area contributed by atoms with Gasteiger partial charge in [0.2, 0.25) is 5.75 Å². The van der Waals surface area contributed by atoms with Gasteiger partial charge < -0.3 is 5.11 Å². The highest BCUT2D eigenvalue weighted by molar-refractivity contribution is 5.64. The number of nitro benzene ring substituents is 1. The van der Waals surface area contributed by atoms with Crippen LogP contribution in [0.25, 0.3) is 6.08 Å². The van der Waals surface area contributed by atoms with Gasteiger partial charge in [0.05, 0.1) is 4.92 Å². The van der Waals surface area contributed by atoms with Crippen LogP contribution in [0.2, 0.25) is 0 Å². The van der Waals surface area contributed by atoms with Crippen LogP contribution in [-0.2, 0) is 0 Å². The molecule has 0 aliphatic rings. The first-order valence-electron chi connectivity index (χ1n) is 3.66. The average molecular weight is 179 g/mol. The molecule has 13 heavy (non-hydrogen) atoms. The summed E-state index contributed by atoms with van der Waals surface area (Å²) in [7, 11) is 0. The lowest BCUT2D eigenvalue weighted by Gasteiger charge is -2.01. The van der Waals surface area contributed by atoms with E-state index in [9.17, 15) is 15.2 Å². The molecule has 0 bridgehead atoms. The smallest absolute Gasteiger partial charge is 0.311 e. The Balaban J connectivity index is 3.44. The molecule has 0 amide bonds. The van der Waals surface area contributed by atoms with E-state index in [0.29, 0.717) is 5.56 Å². The van der Waals surface area contributed by atoms with E-state index in [2.05, 4.69) is 6.58 Å². The number of aromatic hydroxyl groups is 1. The number of benzene rings is 1. The van der Waals surface area contributed by atoms with Crippen LogP contribution in [0, 0.1) is 17.0 Å². The third kappa shape index (κ3) is 1.66. The molecule has 68 valence electrons. The molecule has 0 saturated heterocycles. The van der Waals surface area contributed by atoms with Crippen LogP contribution in [-0.4, -0.2) is 10.0 Å². The van der Waals surface area contributed by atoms with Crippen LogP contribution in [0.1, 0.15) is 11.1 Å². The quantitative estimate of drug-likeness (QED) is 0.559. The highest BCUT2D eigenvalue weighted by Gasteiger charge is 2.15. The van der Waals surface area contributed by atoms with Gasteiger partial charge in [-0.2, -0.15) is 0 Å². The van der Waals surface area contributed by atoms with E-state index in [-0.39, 0.29) is 11.4 Å². The summed E-state index contributed by atoms with van der Waals surface area (Å²) < 4.78 is 0. The molecule has 0 spiro atoms. The lowest BCUT2D eigenvalue weighted by atomic mass is 10.1. The number of aryl methyl sites for hydroxylation is 1. The summed E-state index contributed by atoms with van der Waals surface area (Å²) in [6.45, 7) is 5.17. The molecule has 1 aromatic rings. The standard InChI is InChI=1S/C9H9NO3/c1-3-7-4-6(2)5-8(9(7)11)10(12)13/h3-5,11H,1H2,2H3. The Hall–Kier alpha value is -1.84. The van der Waals surface area contributed by atoms with Crippen LogP contribution in [0.4, 0.5) is 5.69 Å². The zero-order valence-corrected chi connectivity index (χ0v) is 7.15. The Kier molecular flexibility index (Phi) is 2.32. The average Bonchev–Trinajstić information content (AvgIpc) is 2.08. The second kappa shape index (κ2) is 3.26. The van der Waals surface area contributed by atoms with E-state index in [1.165, 1.54) is 12.1 Å². The fourth-order valence-electron chi connectivity index (χ4n) is 1.08. The Labute approximate surface area is 75.3 Å². The number of phenols is 1. The highest BCUT2D eigenvalue weighted by atomic mass is 16.6. The van der Waals surface area contributed by atoms with Crippen LogP contribution >= 0.6 is 0 Å². The van der Waals surface area contributed by atoms with Crippen molar-refractivity contribution < 1.29 is 10.0 Å². The SMILES string of the molecule is C=Cc1cc(C)cc([N+](=O)[O-])c1O. The minimum Gasteiger partial charge on any atom is -0.502 e. The third-order valence-electron chi connectivity index (χ3n) is 1.68. The maximum atomic E-state index is 10.5. The maximum absolute atomic E-state index is 10.5. The zero-order valence-electron chi connectivity index (χ0n) is 7.15. The molecular formula is C9H9NO3. The molecule has 0 heterocycles. The van der Waals surface area contributed by atoms with Crippen LogP contribution in [0.5, 0.6) is 5.75 Å². The van der Waals surface area contributed by atoms with Crippen LogP contribution in [0.3, 0.4) is 0 Å². The van der Waals surface area contributed by atoms with Crippen molar-refractivity contribution in [3.8, 4) is 5.75 Å². The van der Waals surface area contributed by atoms with E-state index < -0.39 is 4.92 Å². The summed E-state index contributed by atoms with van der Waals surface area (Å²) in [6.07, 6.45) is 1.38. The molecule has 0 unspecified atom stereocenters. The van der Waals surface area contributed by atoms with Gasteiger partial charge in [0.25, 0.3) is 0 Å². The molecule has 0 fully saturated rings. The fraction of sp³-hybridized carbons (Fsp3) is 0.111. The lowest BCUT2D eigenvalue weighted by molar-refractivity contribution is -0.385. The minimum absolute atomic E-state index is 0.282. The van der Waals surface area contributed by atoms with Gasteiger partial charge in [-0.25, -0.2) is 0 Å². The molecule has 0 atom stereocenters. The second-order valence-corrected chi connectivity index (χ2v) is 2.68. The van der Waals surface area contributed by atoms with E-state index >= 15 is 0 Å². The van der Waals surface area contributed by atoms with Gasteiger partial charge in [0.15, 0.2) is 0 Å². The van der Waals surface area contributed by atoms with Crippen molar-refractivity contribution >= 4 is 11.8 Å². The van der Waals surface area contributed by atoms with Crippen molar-refractivity contribution in [2.24, 2.45) is 0 Å². The molecule has 1 aromatic carbocycles. The second-order valence-electron chi connectivity index (χ2n) is 2.68. The fourth-order valence-corrected chi connectivity index (χ4v) is 1.08. The summed E-state index contributed by atoms with van der Waals surface area (Å²) in [4.78, 5) is 9.84. The molecule has 1 N–H and O–H groups in total. The largest absolute Gasteiger partial charge is 0.502 e. The molecule has 0 saturated carbocycles. The number of hydrogen-bond donors (Lipinski definition) is 1. The number of hydrogen-bond acceptors (Lipinski definition) is 3. The molecular weight excluding hydrogens is 170 g/mol. The first kappa shape index (κ1) is 9.25. The summed E-state index contributed by atoms with van der Waals surface area (Å²) in [5.74, 6) is -0.328. The van der Waals surface area contributed by atoms with Gasteiger partial charge in [-0.3, -0.25) is 10.1 Å². The molecule has 0 radical (unpaired) electrons. The molecule has 4 nitrogen and oxygen atoms in total. The zero-order chi connectivity index (χ0) is 10.0. The van der Waals surface area contributed by atoms with Crippen LogP contribution in [0.15, 0.2) is 18.7 Å². The van der Waals surface area contributed by atoms with Crippen molar-refractivity contribution in [1.29, 1.82) is 0 Å². The maximum Gasteiger partial charge on any atom is 0.311 e. The Morgan fingerprint density at radius 3 is 2.69 bits per heavy atom. The summed E-state index contributed by atoms with van der Waals surface area (Å²) in [6, 6.07) is 2.96. The Morgan fingerprint density at radius 1 is 1.62 bits per heavy atom. The number of nitrogens with zero attached hydrogens (tertiary/aromatic N) is 1. The van der Waals surface area contributed by atoms with Crippen molar-refractivity contribution in [2.75, 3.05) is 0 Å². The number of nitro groups is 1. The van der Waals surface area contributed by atoms with E-state index in [1.807, 2.05) is 0 Å². The lowest BCUT2D eigenvalue weighted by Crippen LogP contribution is -1.91. The summed E-state index contributed by atoms with van der Waals surface area (Å²) >= 11 is 0. The van der Waals surface area contributed by atoms with Crippen molar-refractivity contribution in [2.45, 2.75) is 6.92 Å². The van der Waals surface area contributed by atoms with E-state index in [4.69, 9.17) is 0 Å². The van der Waals surface area contributed by atoms with E-state index in [0.717, 1.165) is 5.56 Å². The summed E-state index contributed by atoms with van der Waals surface area (Å²) in [5, 5.41) is 19.8.